The zero-order valence-electron chi connectivity index (χ0n) is 12.3. The first-order valence-electron chi connectivity index (χ1n) is 6.89. The molecule has 4 nitrogen and oxygen atoms in total. The van der Waals surface area contributed by atoms with Crippen molar-refractivity contribution in [1.82, 2.24) is 5.06 Å². The average Bonchev–Trinajstić information content (AvgIpc) is 3.04. The lowest BCUT2D eigenvalue weighted by atomic mass is 10.0. The van der Waals surface area contributed by atoms with Crippen LogP contribution < -0.4 is 0 Å². The van der Waals surface area contributed by atoms with Crippen molar-refractivity contribution in [1.29, 1.82) is 0 Å². The van der Waals surface area contributed by atoms with E-state index in [-0.39, 0.29) is 6.04 Å². The molecule has 1 aromatic heterocycles. The maximum Gasteiger partial charge on any atom is 0.274 e. The number of thiophene rings is 1. The Morgan fingerprint density at radius 2 is 1.95 bits per heavy atom. The van der Waals surface area contributed by atoms with Crippen molar-refractivity contribution in [3.8, 4) is 0 Å². The molecule has 1 N–H and O–H groups in total. The normalized spacial score (nSPS) is 26.6. The summed E-state index contributed by atoms with van der Waals surface area (Å²) in [5.41, 5.74) is 1.41. The zero-order valence-corrected chi connectivity index (χ0v) is 13.1. The largest absolute Gasteiger partial charge is 0.622 e. The first kappa shape index (κ1) is 14.3. The molecule has 0 aliphatic carbocycles. The fraction of sp³-hybridized carbons (Fsp3) is 0.312. The smallest absolute Gasteiger partial charge is 0.274 e. The highest BCUT2D eigenvalue weighted by atomic mass is 32.1. The number of benzene rings is 1. The highest BCUT2D eigenvalue weighted by Crippen LogP contribution is 2.37. The Labute approximate surface area is 128 Å². The molecule has 1 aliphatic heterocycles. The van der Waals surface area contributed by atoms with E-state index in [2.05, 4.69) is 0 Å². The molecular formula is C16H18N2O2S. The van der Waals surface area contributed by atoms with Crippen LogP contribution in [0, 0.1) is 12.1 Å². The minimum absolute atomic E-state index is 0.354. The van der Waals surface area contributed by atoms with E-state index in [1.54, 1.807) is 6.92 Å². The monoisotopic (exact) mass is 302 g/mol. The molecule has 3 rings (SSSR count). The van der Waals surface area contributed by atoms with E-state index in [4.69, 9.17) is 0 Å². The third-order valence-electron chi connectivity index (χ3n) is 4.20. The topological polar surface area (TPSA) is 49.5 Å². The molecular weight excluding hydrogens is 284 g/mol. The number of hydrogen-bond donors (Lipinski definition) is 1. The molecule has 0 amide bonds. The maximum absolute atomic E-state index is 12.9. The van der Waals surface area contributed by atoms with Gasteiger partial charge in [0, 0.05) is 12.5 Å². The Hall–Kier alpha value is -1.69. The van der Waals surface area contributed by atoms with Gasteiger partial charge in [-0.15, -0.1) is 16.4 Å². The highest BCUT2D eigenvalue weighted by Gasteiger charge is 2.54. The van der Waals surface area contributed by atoms with Crippen LogP contribution in [0.4, 0.5) is 0 Å². The third kappa shape index (κ3) is 2.00. The van der Waals surface area contributed by atoms with Crippen molar-refractivity contribution in [2.75, 3.05) is 0 Å². The van der Waals surface area contributed by atoms with Gasteiger partial charge in [-0.2, -0.15) is 4.74 Å². The van der Waals surface area contributed by atoms with Gasteiger partial charge in [-0.3, -0.25) is 0 Å². The molecule has 2 atom stereocenters. The Balaban J connectivity index is 2.16. The summed E-state index contributed by atoms with van der Waals surface area (Å²) in [6, 6.07) is 11.2. The molecule has 2 aromatic rings. The molecule has 21 heavy (non-hydrogen) atoms. The molecule has 0 fully saturated rings. The van der Waals surface area contributed by atoms with Crippen molar-refractivity contribution in [3.63, 3.8) is 0 Å². The second-order valence-electron chi connectivity index (χ2n) is 5.56. The van der Waals surface area contributed by atoms with E-state index in [0.29, 0.717) is 5.71 Å². The van der Waals surface area contributed by atoms with E-state index in [0.717, 1.165) is 25.8 Å². The van der Waals surface area contributed by atoms with Crippen molar-refractivity contribution >= 4 is 17.0 Å². The SMILES string of the molecule is Cc1ccc([C@@]2(C)N(O)[C@@H](C)C(c3cccs3)=[N+]2[O-])cc1. The van der Waals surface area contributed by atoms with Crippen molar-refractivity contribution in [2.45, 2.75) is 32.5 Å². The quantitative estimate of drug-likeness (QED) is 0.684. The van der Waals surface area contributed by atoms with Crippen LogP contribution in [0.5, 0.6) is 0 Å². The van der Waals surface area contributed by atoms with E-state index in [1.807, 2.05) is 55.6 Å². The second-order valence-corrected chi connectivity index (χ2v) is 6.51. The van der Waals surface area contributed by atoms with Gasteiger partial charge in [0.05, 0.1) is 4.88 Å². The van der Waals surface area contributed by atoms with Gasteiger partial charge in [-0.1, -0.05) is 35.9 Å². The van der Waals surface area contributed by atoms with Crippen molar-refractivity contribution < 1.29 is 9.95 Å². The zero-order chi connectivity index (χ0) is 15.2. The van der Waals surface area contributed by atoms with E-state index in [1.165, 1.54) is 11.3 Å². The summed E-state index contributed by atoms with van der Waals surface area (Å²) in [5.74, 6) is 0. The summed E-state index contributed by atoms with van der Waals surface area (Å²) in [6.45, 7) is 5.60. The molecule has 0 bridgehead atoms. The lowest BCUT2D eigenvalue weighted by Gasteiger charge is -2.29. The number of rotatable bonds is 2. The number of nitrogens with zero attached hydrogens (tertiary/aromatic N) is 2. The second kappa shape index (κ2) is 4.94. The molecule has 0 unspecified atom stereocenters. The predicted octanol–water partition coefficient (Wildman–Crippen LogP) is 3.32. The van der Waals surface area contributed by atoms with Crippen LogP contribution in [0.25, 0.3) is 0 Å². The Morgan fingerprint density at radius 1 is 1.29 bits per heavy atom. The molecule has 1 aromatic carbocycles. The average molecular weight is 302 g/mol. The van der Waals surface area contributed by atoms with Crippen LogP contribution in [0.15, 0.2) is 41.8 Å². The summed E-state index contributed by atoms with van der Waals surface area (Å²) in [6.07, 6.45) is 0. The van der Waals surface area contributed by atoms with Crippen LogP contribution in [-0.2, 0) is 5.66 Å². The lowest BCUT2D eigenvalue weighted by molar-refractivity contribution is -0.595. The fourth-order valence-corrected chi connectivity index (χ4v) is 3.67. The lowest BCUT2D eigenvalue weighted by Crippen LogP contribution is -2.45. The Kier molecular flexibility index (Phi) is 3.36. The molecule has 0 saturated heterocycles. The molecule has 5 heteroatoms. The molecule has 0 spiro atoms. The van der Waals surface area contributed by atoms with Crippen molar-refractivity contribution in [2.24, 2.45) is 0 Å². The first-order valence-corrected chi connectivity index (χ1v) is 7.77. The molecule has 1 aliphatic rings. The summed E-state index contributed by atoms with van der Waals surface area (Å²) in [5, 5.41) is 26.6. The minimum atomic E-state index is -1.10. The van der Waals surface area contributed by atoms with Crippen LogP contribution >= 0.6 is 11.3 Å². The summed E-state index contributed by atoms with van der Waals surface area (Å²) in [7, 11) is 0. The van der Waals surface area contributed by atoms with Gasteiger partial charge < -0.3 is 10.4 Å². The molecule has 2 heterocycles. The fourth-order valence-electron chi connectivity index (χ4n) is 2.84. The molecule has 0 saturated carbocycles. The van der Waals surface area contributed by atoms with E-state index in [9.17, 15) is 10.4 Å². The van der Waals surface area contributed by atoms with Crippen LogP contribution in [-0.4, -0.2) is 26.8 Å². The Morgan fingerprint density at radius 3 is 2.52 bits per heavy atom. The Bertz CT molecular complexity index is 679. The van der Waals surface area contributed by atoms with Gasteiger partial charge in [0.15, 0.2) is 0 Å². The van der Waals surface area contributed by atoms with Crippen LogP contribution in [0.2, 0.25) is 0 Å². The molecule has 0 radical (unpaired) electrons. The van der Waals surface area contributed by atoms with Gasteiger partial charge in [0.1, 0.15) is 6.04 Å². The van der Waals surface area contributed by atoms with Crippen molar-refractivity contribution in [3.05, 3.63) is 63.0 Å². The summed E-state index contributed by atoms with van der Waals surface area (Å²) in [4.78, 5) is 0.896. The predicted molar refractivity (Wildman–Crippen MR) is 83.7 cm³/mol. The van der Waals surface area contributed by atoms with Crippen LogP contribution in [0.1, 0.15) is 29.9 Å². The van der Waals surface area contributed by atoms with E-state index < -0.39 is 5.66 Å². The van der Waals surface area contributed by atoms with Gasteiger partial charge >= 0.3 is 0 Å². The number of hydroxylamine groups is 3. The standard InChI is InChI=1S/C16H18N2O2S/c1-11-6-8-13(9-7-11)16(3)17(19)12(2)15(18(16)20)14-5-4-10-21-14/h4-10,12,19H,1-3H3/t12-,16-/m0/s1. The third-order valence-corrected chi connectivity index (χ3v) is 5.09. The highest BCUT2D eigenvalue weighted by molar-refractivity contribution is 7.12. The van der Waals surface area contributed by atoms with Gasteiger partial charge in [-0.05, 0) is 25.3 Å². The van der Waals surface area contributed by atoms with E-state index >= 15 is 0 Å². The number of aryl methyl sites for hydroxylation is 1. The summed E-state index contributed by atoms with van der Waals surface area (Å²) >= 11 is 1.51. The minimum Gasteiger partial charge on any atom is -0.622 e. The first-order chi connectivity index (χ1) is 9.96. The molecule has 110 valence electrons. The summed E-state index contributed by atoms with van der Waals surface area (Å²) < 4.78 is 0.939. The van der Waals surface area contributed by atoms with Crippen LogP contribution in [0.3, 0.4) is 0 Å². The van der Waals surface area contributed by atoms with Gasteiger partial charge in [-0.25, -0.2) is 0 Å². The maximum atomic E-state index is 12.9. The van der Waals surface area contributed by atoms with Gasteiger partial charge in [0.2, 0.25) is 5.71 Å². The van der Waals surface area contributed by atoms with Gasteiger partial charge in [0.25, 0.3) is 5.66 Å². The number of hydrogen-bond acceptors (Lipinski definition) is 4.